The second-order valence-electron chi connectivity index (χ2n) is 8.19. The zero-order valence-corrected chi connectivity index (χ0v) is 16.7. The summed E-state index contributed by atoms with van der Waals surface area (Å²) in [5, 5.41) is 15.8. The Labute approximate surface area is 176 Å². The Bertz CT molecular complexity index is 1270. The van der Waals surface area contributed by atoms with E-state index in [2.05, 4.69) is 30.9 Å². The third-order valence-electron chi connectivity index (χ3n) is 5.87. The monoisotopic (exact) mass is 419 g/mol. The highest BCUT2D eigenvalue weighted by Gasteiger charge is 2.31. The SMILES string of the molecule is O=c1c2occc2cnn1-c1ccc(N[C@H]2CC[C@H](Nc3noc(C4CC4)n3)C2)nc1. The van der Waals surface area contributed by atoms with Gasteiger partial charge in [-0.3, -0.25) is 4.79 Å². The molecule has 2 atom stereocenters. The van der Waals surface area contributed by atoms with Gasteiger partial charge < -0.3 is 19.6 Å². The summed E-state index contributed by atoms with van der Waals surface area (Å²) in [5.74, 6) is 2.56. The van der Waals surface area contributed by atoms with Crippen molar-refractivity contribution in [2.24, 2.45) is 0 Å². The van der Waals surface area contributed by atoms with Crippen molar-refractivity contribution < 1.29 is 8.94 Å². The van der Waals surface area contributed by atoms with Crippen molar-refractivity contribution in [3.8, 4) is 5.69 Å². The van der Waals surface area contributed by atoms with E-state index >= 15 is 0 Å². The molecule has 4 aromatic heterocycles. The van der Waals surface area contributed by atoms with E-state index in [-0.39, 0.29) is 11.1 Å². The van der Waals surface area contributed by atoms with Gasteiger partial charge in [-0.25, -0.2) is 4.98 Å². The first kappa shape index (κ1) is 18.1. The highest BCUT2D eigenvalue weighted by atomic mass is 16.5. The fraction of sp³-hybridized carbons (Fsp3) is 0.381. The van der Waals surface area contributed by atoms with Crippen LogP contribution in [0.3, 0.4) is 0 Å². The van der Waals surface area contributed by atoms with Crippen molar-refractivity contribution in [3.05, 3.63) is 53.1 Å². The molecule has 0 amide bonds. The number of fused-ring (bicyclic) bond motifs is 1. The molecule has 0 saturated heterocycles. The number of furan rings is 1. The first-order valence-corrected chi connectivity index (χ1v) is 10.5. The lowest BCUT2D eigenvalue weighted by molar-refractivity contribution is 0.379. The average molecular weight is 419 g/mol. The van der Waals surface area contributed by atoms with E-state index in [0.717, 1.165) is 43.8 Å². The topological polar surface area (TPSA) is 124 Å². The Hall–Kier alpha value is -3.69. The smallest absolute Gasteiger partial charge is 0.315 e. The van der Waals surface area contributed by atoms with Gasteiger partial charge in [-0.1, -0.05) is 0 Å². The molecule has 0 unspecified atom stereocenters. The number of hydrogen-bond donors (Lipinski definition) is 2. The Kier molecular flexibility index (Phi) is 4.22. The van der Waals surface area contributed by atoms with Crippen LogP contribution in [-0.4, -0.2) is 37.0 Å². The summed E-state index contributed by atoms with van der Waals surface area (Å²) in [6.07, 6.45) is 9.99. The molecule has 4 aromatic rings. The molecule has 2 aliphatic rings. The summed E-state index contributed by atoms with van der Waals surface area (Å²) in [4.78, 5) is 21.4. The molecule has 2 N–H and O–H groups in total. The second-order valence-corrected chi connectivity index (χ2v) is 8.19. The van der Waals surface area contributed by atoms with Gasteiger partial charge in [-0.15, -0.1) is 0 Å². The van der Waals surface area contributed by atoms with Crippen molar-refractivity contribution in [2.45, 2.75) is 50.1 Å². The molecule has 2 saturated carbocycles. The fourth-order valence-electron chi connectivity index (χ4n) is 4.07. The molecular formula is C21H21N7O3. The number of pyridine rings is 1. The summed E-state index contributed by atoms with van der Waals surface area (Å²) in [6, 6.07) is 5.99. The Balaban J connectivity index is 1.09. The molecule has 0 spiro atoms. The number of aromatic nitrogens is 5. The zero-order valence-electron chi connectivity index (χ0n) is 16.7. The van der Waals surface area contributed by atoms with Crippen LogP contribution in [0.1, 0.15) is 43.9 Å². The quantitative estimate of drug-likeness (QED) is 0.485. The van der Waals surface area contributed by atoms with Crippen LogP contribution in [0, 0.1) is 0 Å². The van der Waals surface area contributed by atoms with E-state index in [0.29, 0.717) is 35.0 Å². The lowest BCUT2D eigenvalue weighted by Crippen LogP contribution is -2.22. The van der Waals surface area contributed by atoms with E-state index in [1.54, 1.807) is 18.5 Å². The summed E-state index contributed by atoms with van der Waals surface area (Å²) in [6.45, 7) is 0. The number of rotatable bonds is 6. The van der Waals surface area contributed by atoms with E-state index in [1.807, 2.05) is 12.1 Å². The molecule has 31 heavy (non-hydrogen) atoms. The van der Waals surface area contributed by atoms with Crippen molar-refractivity contribution in [1.29, 1.82) is 0 Å². The van der Waals surface area contributed by atoms with Gasteiger partial charge in [0.1, 0.15) is 5.82 Å². The van der Waals surface area contributed by atoms with Crippen molar-refractivity contribution in [2.75, 3.05) is 10.6 Å². The average Bonchev–Trinajstić information content (AvgIpc) is 3.15. The van der Waals surface area contributed by atoms with Gasteiger partial charge in [0.05, 0.1) is 24.3 Å². The van der Waals surface area contributed by atoms with Crippen LogP contribution < -0.4 is 16.2 Å². The van der Waals surface area contributed by atoms with Crippen LogP contribution in [0.15, 0.2) is 50.6 Å². The number of anilines is 2. The van der Waals surface area contributed by atoms with Gasteiger partial charge in [-0.05, 0) is 55.5 Å². The lowest BCUT2D eigenvalue weighted by atomic mass is 10.2. The van der Waals surface area contributed by atoms with Gasteiger partial charge in [-0.2, -0.15) is 14.8 Å². The van der Waals surface area contributed by atoms with E-state index < -0.39 is 0 Å². The fourth-order valence-corrected chi connectivity index (χ4v) is 4.07. The normalized spacial score (nSPS) is 20.9. The number of nitrogens with zero attached hydrogens (tertiary/aromatic N) is 5. The third-order valence-corrected chi connectivity index (χ3v) is 5.87. The maximum absolute atomic E-state index is 12.5. The molecule has 2 fully saturated rings. The van der Waals surface area contributed by atoms with E-state index in [1.165, 1.54) is 10.9 Å². The Morgan fingerprint density at radius 3 is 2.71 bits per heavy atom. The number of nitrogens with one attached hydrogen (secondary N) is 2. The Morgan fingerprint density at radius 1 is 1.03 bits per heavy atom. The predicted molar refractivity (Wildman–Crippen MR) is 112 cm³/mol. The molecule has 158 valence electrons. The summed E-state index contributed by atoms with van der Waals surface area (Å²) < 4.78 is 11.9. The van der Waals surface area contributed by atoms with Gasteiger partial charge in [0, 0.05) is 23.4 Å². The first-order valence-electron chi connectivity index (χ1n) is 10.5. The Morgan fingerprint density at radius 2 is 1.90 bits per heavy atom. The highest BCUT2D eigenvalue weighted by molar-refractivity contribution is 5.74. The van der Waals surface area contributed by atoms with Crippen molar-refractivity contribution in [1.82, 2.24) is 24.9 Å². The van der Waals surface area contributed by atoms with Crippen LogP contribution >= 0.6 is 0 Å². The maximum Gasteiger partial charge on any atom is 0.315 e. The lowest BCUT2D eigenvalue weighted by Gasteiger charge is -2.14. The summed E-state index contributed by atoms with van der Waals surface area (Å²) in [7, 11) is 0. The standard InChI is InChI=1S/C21H21N7O3/c29-20-18-13(7-8-30-18)10-23-28(20)16-5-6-17(22-11-16)24-14-3-4-15(9-14)25-21-26-19(31-27-21)12-1-2-12/h5-8,10-12,14-15H,1-4,9H2,(H,22,24)(H,25,27)/t14-,15-/m0/s1. The largest absolute Gasteiger partial charge is 0.458 e. The molecule has 0 aromatic carbocycles. The van der Waals surface area contributed by atoms with Gasteiger partial charge in [0.15, 0.2) is 0 Å². The minimum Gasteiger partial charge on any atom is -0.458 e. The minimum atomic E-state index is -0.305. The van der Waals surface area contributed by atoms with Crippen LogP contribution in [0.4, 0.5) is 11.8 Å². The van der Waals surface area contributed by atoms with E-state index in [4.69, 9.17) is 8.94 Å². The van der Waals surface area contributed by atoms with Crippen LogP contribution in [0.2, 0.25) is 0 Å². The molecule has 10 heteroatoms. The summed E-state index contributed by atoms with van der Waals surface area (Å²) in [5.41, 5.74) is 0.567. The molecular weight excluding hydrogens is 398 g/mol. The molecule has 10 nitrogen and oxygen atoms in total. The molecule has 4 heterocycles. The second kappa shape index (κ2) is 7.22. The third kappa shape index (κ3) is 3.54. The summed E-state index contributed by atoms with van der Waals surface area (Å²) >= 11 is 0. The van der Waals surface area contributed by atoms with Crippen LogP contribution in [-0.2, 0) is 0 Å². The zero-order chi connectivity index (χ0) is 20.8. The maximum atomic E-state index is 12.5. The molecule has 6 rings (SSSR count). The van der Waals surface area contributed by atoms with E-state index in [9.17, 15) is 4.79 Å². The van der Waals surface area contributed by atoms with Crippen LogP contribution in [0.5, 0.6) is 0 Å². The van der Waals surface area contributed by atoms with Crippen molar-refractivity contribution in [3.63, 3.8) is 0 Å². The minimum absolute atomic E-state index is 0.285. The molecule has 0 aliphatic heterocycles. The van der Waals surface area contributed by atoms with Crippen LogP contribution in [0.25, 0.3) is 16.7 Å². The van der Waals surface area contributed by atoms with Gasteiger partial charge in [0.25, 0.3) is 5.95 Å². The number of hydrogen-bond acceptors (Lipinski definition) is 9. The van der Waals surface area contributed by atoms with Crippen molar-refractivity contribution >= 4 is 22.7 Å². The molecule has 0 radical (unpaired) electrons. The first-order chi connectivity index (χ1) is 15.2. The van der Waals surface area contributed by atoms with Gasteiger partial charge >= 0.3 is 5.56 Å². The highest BCUT2D eigenvalue weighted by Crippen LogP contribution is 2.39. The van der Waals surface area contributed by atoms with Gasteiger partial charge in [0.2, 0.25) is 11.5 Å². The molecule has 2 aliphatic carbocycles. The molecule has 0 bridgehead atoms. The predicted octanol–water partition coefficient (Wildman–Crippen LogP) is 3.08.